The molecule has 1 N–H and O–H groups in total. The summed E-state index contributed by atoms with van der Waals surface area (Å²) in [5.74, 6) is 1.07. The molecule has 1 heterocycles. The number of amides is 1. The fourth-order valence-electron chi connectivity index (χ4n) is 4.08. The van der Waals surface area contributed by atoms with Crippen LogP contribution in [0.4, 0.5) is 0 Å². The molecule has 0 unspecified atom stereocenters. The van der Waals surface area contributed by atoms with E-state index in [0.717, 1.165) is 48.9 Å². The third-order valence-corrected chi connectivity index (χ3v) is 6.22. The lowest BCUT2D eigenvalue weighted by atomic mass is 10.1. The molecule has 1 fully saturated rings. The monoisotopic (exact) mass is 429 g/mol. The highest BCUT2D eigenvalue weighted by molar-refractivity contribution is 6.31. The molecule has 0 aromatic heterocycles. The van der Waals surface area contributed by atoms with Gasteiger partial charge in [-0.2, -0.15) is 0 Å². The van der Waals surface area contributed by atoms with Gasteiger partial charge in [0.15, 0.2) is 0 Å². The van der Waals surface area contributed by atoms with E-state index in [1.807, 2.05) is 55.1 Å². The molecular weight excluding hydrogens is 398 g/mol. The first-order chi connectivity index (χ1) is 14.5. The Kier molecular flexibility index (Phi) is 8.14. The van der Waals surface area contributed by atoms with Gasteiger partial charge in [0.2, 0.25) is 5.91 Å². The van der Waals surface area contributed by atoms with Gasteiger partial charge in [-0.1, -0.05) is 41.9 Å². The molecule has 5 nitrogen and oxygen atoms in total. The van der Waals surface area contributed by atoms with E-state index in [0.29, 0.717) is 6.54 Å². The molecule has 2 aromatic carbocycles. The van der Waals surface area contributed by atoms with Gasteiger partial charge < -0.3 is 15.0 Å². The highest BCUT2D eigenvalue weighted by Crippen LogP contribution is 2.26. The van der Waals surface area contributed by atoms with Crippen molar-refractivity contribution in [2.24, 2.45) is 0 Å². The number of ether oxygens (including phenoxy) is 1. The van der Waals surface area contributed by atoms with Crippen molar-refractivity contribution >= 4 is 17.5 Å². The number of methoxy groups -OCH3 is 1. The van der Waals surface area contributed by atoms with Crippen LogP contribution in [0.2, 0.25) is 5.02 Å². The summed E-state index contributed by atoms with van der Waals surface area (Å²) in [4.78, 5) is 17.4. The van der Waals surface area contributed by atoms with E-state index in [1.165, 1.54) is 5.56 Å². The first-order valence-corrected chi connectivity index (χ1v) is 11.1. The molecule has 2 aromatic rings. The second-order valence-electron chi connectivity index (χ2n) is 7.71. The van der Waals surface area contributed by atoms with Gasteiger partial charge in [0.05, 0.1) is 13.2 Å². The number of halogens is 1. The molecule has 1 aliphatic heterocycles. The molecule has 0 spiro atoms. The Labute approximate surface area is 185 Å². The van der Waals surface area contributed by atoms with Crippen LogP contribution in [0.5, 0.6) is 5.75 Å². The van der Waals surface area contributed by atoms with Gasteiger partial charge in [-0.05, 0) is 49.6 Å². The van der Waals surface area contributed by atoms with Crippen molar-refractivity contribution in [2.45, 2.75) is 45.4 Å². The number of likely N-dealkylation sites (N-methyl/N-ethyl adjacent to an activating group) is 1. The van der Waals surface area contributed by atoms with Gasteiger partial charge in [0.25, 0.3) is 0 Å². The van der Waals surface area contributed by atoms with Crippen LogP contribution in [0.3, 0.4) is 0 Å². The van der Waals surface area contributed by atoms with Crippen molar-refractivity contribution in [3.05, 3.63) is 64.7 Å². The topological polar surface area (TPSA) is 44.8 Å². The zero-order chi connectivity index (χ0) is 21.5. The van der Waals surface area contributed by atoms with Gasteiger partial charge in [-0.3, -0.25) is 9.69 Å². The number of benzene rings is 2. The summed E-state index contributed by atoms with van der Waals surface area (Å²) in [6.45, 7) is 7.80. The quantitative estimate of drug-likeness (QED) is 0.655. The predicted octanol–water partition coefficient (Wildman–Crippen LogP) is 3.95. The number of nitrogens with zero attached hydrogens (tertiary/aromatic N) is 2. The van der Waals surface area contributed by atoms with Crippen molar-refractivity contribution in [3.63, 3.8) is 0 Å². The van der Waals surface area contributed by atoms with Crippen molar-refractivity contribution in [3.8, 4) is 5.75 Å². The van der Waals surface area contributed by atoms with Gasteiger partial charge >= 0.3 is 0 Å². The van der Waals surface area contributed by atoms with E-state index >= 15 is 0 Å². The number of carbonyl (C=O) groups is 1. The van der Waals surface area contributed by atoms with Crippen LogP contribution in [0, 0.1) is 0 Å². The van der Waals surface area contributed by atoms with Crippen LogP contribution >= 0.6 is 11.6 Å². The molecule has 1 saturated heterocycles. The highest BCUT2D eigenvalue weighted by Gasteiger charge is 2.38. The number of hydrogen-bond acceptors (Lipinski definition) is 4. The minimum atomic E-state index is -0.130. The molecule has 30 heavy (non-hydrogen) atoms. The van der Waals surface area contributed by atoms with Crippen molar-refractivity contribution in [1.82, 2.24) is 15.1 Å². The standard InChI is InChI=1S/C24H32ClN3O2/c1-4-27(5-2)24(29)23-14-20(26-15-18-10-12-21(30-3)13-11-18)17-28(23)16-19-8-6-7-9-22(19)25/h6-13,20,23,26H,4-5,14-17H2,1-3H3/t20-,23-/m0/s1. The summed E-state index contributed by atoms with van der Waals surface area (Å²) in [6, 6.07) is 16.1. The minimum absolute atomic E-state index is 0.130. The van der Waals surface area contributed by atoms with Crippen LogP contribution in [0.15, 0.2) is 48.5 Å². The van der Waals surface area contributed by atoms with Crippen molar-refractivity contribution in [1.29, 1.82) is 0 Å². The van der Waals surface area contributed by atoms with E-state index in [-0.39, 0.29) is 18.0 Å². The molecular formula is C24H32ClN3O2. The SMILES string of the molecule is CCN(CC)C(=O)[C@@H]1C[C@H](NCc2ccc(OC)cc2)CN1Cc1ccccc1Cl. The third-order valence-electron chi connectivity index (χ3n) is 5.85. The zero-order valence-electron chi connectivity index (χ0n) is 18.1. The lowest BCUT2D eigenvalue weighted by Crippen LogP contribution is -2.45. The van der Waals surface area contributed by atoms with E-state index in [2.05, 4.69) is 22.3 Å². The molecule has 0 bridgehead atoms. The predicted molar refractivity (Wildman–Crippen MR) is 122 cm³/mol. The Morgan fingerprint density at radius 1 is 1.17 bits per heavy atom. The molecule has 1 amide bonds. The second-order valence-corrected chi connectivity index (χ2v) is 8.12. The average Bonchev–Trinajstić information content (AvgIpc) is 3.17. The number of rotatable bonds is 9. The summed E-state index contributed by atoms with van der Waals surface area (Å²) < 4.78 is 5.23. The van der Waals surface area contributed by atoms with Gasteiger partial charge in [0, 0.05) is 43.8 Å². The molecule has 0 radical (unpaired) electrons. The van der Waals surface area contributed by atoms with Gasteiger partial charge in [-0.15, -0.1) is 0 Å². The number of likely N-dealkylation sites (tertiary alicyclic amines) is 1. The molecule has 1 aliphatic rings. The number of carbonyl (C=O) groups excluding carboxylic acids is 1. The lowest BCUT2D eigenvalue weighted by Gasteiger charge is -2.29. The van der Waals surface area contributed by atoms with Crippen molar-refractivity contribution in [2.75, 3.05) is 26.7 Å². The van der Waals surface area contributed by atoms with Crippen LogP contribution < -0.4 is 10.1 Å². The molecule has 0 aliphatic carbocycles. The first-order valence-electron chi connectivity index (χ1n) is 10.7. The first kappa shape index (κ1) is 22.6. The third kappa shape index (κ3) is 5.54. The Hall–Kier alpha value is -2.08. The number of hydrogen-bond donors (Lipinski definition) is 1. The van der Waals surface area contributed by atoms with Gasteiger partial charge in [-0.25, -0.2) is 0 Å². The number of nitrogens with one attached hydrogen (secondary N) is 1. The van der Waals surface area contributed by atoms with Crippen LogP contribution in [0.25, 0.3) is 0 Å². The summed E-state index contributed by atoms with van der Waals surface area (Å²) >= 11 is 6.40. The smallest absolute Gasteiger partial charge is 0.239 e. The zero-order valence-corrected chi connectivity index (χ0v) is 18.9. The summed E-state index contributed by atoms with van der Waals surface area (Å²) in [5.41, 5.74) is 2.26. The van der Waals surface area contributed by atoms with E-state index in [4.69, 9.17) is 16.3 Å². The maximum Gasteiger partial charge on any atom is 0.239 e. The van der Waals surface area contributed by atoms with Gasteiger partial charge in [0.1, 0.15) is 5.75 Å². The second kappa shape index (κ2) is 10.8. The largest absolute Gasteiger partial charge is 0.497 e. The Morgan fingerprint density at radius 2 is 1.87 bits per heavy atom. The van der Waals surface area contributed by atoms with E-state index in [1.54, 1.807) is 7.11 Å². The average molecular weight is 430 g/mol. The van der Waals surface area contributed by atoms with E-state index in [9.17, 15) is 4.79 Å². The Bertz CT molecular complexity index is 823. The summed E-state index contributed by atoms with van der Waals surface area (Å²) in [6.07, 6.45) is 0.802. The highest BCUT2D eigenvalue weighted by atomic mass is 35.5. The molecule has 0 saturated carbocycles. The fourth-order valence-corrected chi connectivity index (χ4v) is 4.28. The molecule has 162 valence electrons. The summed E-state index contributed by atoms with van der Waals surface area (Å²) in [7, 11) is 1.67. The molecule has 6 heteroatoms. The minimum Gasteiger partial charge on any atom is -0.497 e. The molecule has 2 atom stereocenters. The maximum atomic E-state index is 13.2. The normalized spacial score (nSPS) is 19.1. The Morgan fingerprint density at radius 3 is 2.50 bits per heavy atom. The maximum absolute atomic E-state index is 13.2. The van der Waals surface area contributed by atoms with Crippen molar-refractivity contribution < 1.29 is 9.53 Å². The summed E-state index contributed by atoms with van der Waals surface area (Å²) in [5, 5.41) is 4.39. The Balaban J connectivity index is 1.70. The lowest BCUT2D eigenvalue weighted by molar-refractivity contribution is -0.135. The fraction of sp³-hybridized carbons (Fsp3) is 0.458. The molecule has 3 rings (SSSR count). The van der Waals surface area contributed by atoms with Crippen LogP contribution in [-0.2, 0) is 17.9 Å². The van der Waals surface area contributed by atoms with E-state index < -0.39 is 0 Å². The van der Waals surface area contributed by atoms with Crippen LogP contribution in [0.1, 0.15) is 31.4 Å². The van der Waals surface area contributed by atoms with Crippen LogP contribution in [-0.4, -0.2) is 54.5 Å².